The predicted molar refractivity (Wildman–Crippen MR) is 88.8 cm³/mol. The van der Waals surface area contributed by atoms with Gasteiger partial charge in [-0.05, 0) is 51.3 Å². The first-order chi connectivity index (χ1) is 10.6. The third-order valence-electron chi connectivity index (χ3n) is 5.03. The van der Waals surface area contributed by atoms with E-state index in [1.807, 2.05) is 25.1 Å². The number of amides is 1. The average Bonchev–Trinajstić information content (AvgIpc) is 3.07. The van der Waals surface area contributed by atoms with Crippen LogP contribution >= 0.6 is 0 Å². The highest BCUT2D eigenvalue weighted by atomic mass is 16.4. The summed E-state index contributed by atoms with van der Waals surface area (Å²) < 4.78 is 0. The number of nitrogens with one attached hydrogen (secondary N) is 1. The van der Waals surface area contributed by atoms with Gasteiger partial charge in [0.05, 0.1) is 11.4 Å². The minimum atomic E-state index is -1.00. The van der Waals surface area contributed by atoms with Gasteiger partial charge in [0.25, 0.3) is 0 Å². The Labute approximate surface area is 131 Å². The third kappa shape index (κ3) is 2.90. The molecule has 2 saturated heterocycles. The van der Waals surface area contributed by atoms with E-state index in [1.54, 1.807) is 0 Å². The van der Waals surface area contributed by atoms with Gasteiger partial charge in [-0.1, -0.05) is 12.1 Å². The molecule has 120 valence electrons. The second-order valence-corrected chi connectivity index (χ2v) is 6.52. The van der Waals surface area contributed by atoms with E-state index in [0.29, 0.717) is 17.8 Å². The molecule has 2 aliphatic heterocycles. The van der Waals surface area contributed by atoms with Crippen LogP contribution in [0, 0.1) is 6.92 Å². The van der Waals surface area contributed by atoms with Gasteiger partial charge in [0.15, 0.2) is 0 Å². The first-order valence-electron chi connectivity index (χ1n) is 8.16. The van der Waals surface area contributed by atoms with Crippen LogP contribution in [0.15, 0.2) is 18.2 Å². The normalized spacial score (nSPS) is 25.6. The first-order valence-corrected chi connectivity index (χ1v) is 8.16. The topological polar surface area (TPSA) is 55.8 Å². The smallest absolute Gasteiger partial charge is 0.409 e. The van der Waals surface area contributed by atoms with E-state index in [2.05, 4.69) is 22.0 Å². The summed E-state index contributed by atoms with van der Waals surface area (Å²) in [5.74, 6) is 0. The Bertz CT molecular complexity index is 561. The third-order valence-corrected chi connectivity index (χ3v) is 5.03. The van der Waals surface area contributed by atoms with E-state index >= 15 is 0 Å². The van der Waals surface area contributed by atoms with E-state index < -0.39 is 6.09 Å². The molecule has 1 amide bonds. The highest BCUT2D eigenvalue weighted by Gasteiger charge is 2.33. The van der Waals surface area contributed by atoms with Crippen LogP contribution in [0.25, 0.3) is 0 Å². The molecule has 0 radical (unpaired) electrons. The molecular weight excluding hydrogens is 278 g/mol. The largest absolute Gasteiger partial charge is 0.465 e. The molecule has 0 saturated carbocycles. The molecule has 5 nitrogen and oxygen atoms in total. The summed E-state index contributed by atoms with van der Waals surface area (Å²) in [6.07, 6.45) is 2.75. The van der Waals surface area contributed by atoms with E-state index in [0.717, 1.165) is 30.8 Å². The van der Waals surface area contributed by atoms with E-state index in [9.17, 15) is 4.79 Å². The van der Waals surface area contributed by atoms with Crippen LogP contribution in [0.1, 0.15) is 31.7 Å². The van der Waals surface area contributed by atoms with Crippen molar-refractivity contribution in [3.8, 4) is 0 Å². The maximum Gasteiger partial charge on any atom is 0.409 e. The van der Waals surface area contributed by atoms with Gasteiger partial charge in [-0.2, -0.15) is 0 Å². The number of carbonyl (C=O) groups is 1. The second-order valence-electron chi connectivity index (χ2n) is 6.52. The van der Waals surface area contributed by atoms with Crippen LogP contribution in [0.4, 0.5) is 16.2 Å². The molecule has 2 aliphatic rings. The van der Waals surface area contributed by atoms with Crippen LogP contribution in [0.3, 0.4) is 0 Å². The number of rotatable bonds is 3. The molecule has 2 atom stereocenters. The molecule has 1 aromatic rings. The monoisotopic (exact) mass is 303 g/mol. The summed E-state index contributed by atoms with van der Waals surface area (Å²) in [5, 5.41) is 11.6. The summed E-state index contributed by atoms with van der Waals surface area (Å²) in [6.45, 7) is 7.55. The second kappa shape index (κ2) is 6.16. The summed E-state index contributed by atoms with van der Waals surface area (Å²) in [5.41, 5.74) is 2.86. The Hall–Kier alpha value is -1.75. The van der Waals surface area contributed by atoms with Crippen molar-refractivity contribution in [1.29, 1.82) is 0 Å². The fourth-order valence-electron chi connectivity index (χ4n) is 4.01. The minimum absolute atomic E-state index is 0.592. The number of aryl methyl sites for hydroxylation is 1. The van der Waals surface area contributed by atoms with Gasteiger partial charge in [0, 0.05) is 25.2 Å². The predicted octanol–water partition coefficient (Wildman–Crippen LogP) is 3.15. The van der Waals surface area contributed by atoms with Crippen LogP contribution in [0.2, 0.25) is 0 Å². The Morgan fingerprint density at radius 1 is 1.32 bits per heavy atom. The zero-order valence-electron chi connectivity index (χ0n) is 13.4. The van der Waals surface area contributed by atoms with Crippen LogP contribution < -0.4 is 10.2 Å². The molecule has 0 bridgehead atoms. The highest BCUT2D eigenvalue weighted by molar-refractivity contribution is 5.89. The molecule has 1 aromatic carbocycles. The molecule has 2 unspecified atom stereocenters. The molecule has 2 heterocycles. The number of benzene rings is 1. The van der Waals surface area contributed by atoms with Gasteiger partial charge in [0.1, 0.15) is 0 Å². The van der Waals surface area contributed by atoms with Crippen LogP contribution in [0.5, 0.6) is 0 Å². The SMILES string of the molecule is Cc1cccc(NC(=O)O)c1N1CCC(N2CCCC2C)C1. The van der Waals surface area contributed by atoms with E-state index in [-0.39, 0.29) is 0 Å². The Balaban J connectivity index is 1.79. The molecule has 22 heavy (non-hydrogen) atoms. The molecule has 0 spiro atoms. The maximum atomic E-state index is 11.0. The Kier molecular flexibility index (Phi) is 4.25. The number of para-hydroxylation sites is 1. The lowest BCUT2D eigenvalue weighted by Gasteiger charge is -2.29. The molecular formula is C17H25N3O2. The lowest BCUT2D eigenvalue weighted by atomic mass is 10.1. The number of nitrogens with zero attached hydrogens (tertiary/aromatic N) is 2. The van der Waals surface area contributed by atoms with E-state index in [1.165, 1.54) is 19.4 Å². The molecule has 0 aliphatic carbocycles. The van der Waals surface area contributed by atoms with Crippen molar-refractivity contribution >= 4 is 17.5 Å². The molecule has 2 N–H and O–H groups in total. The van der Waals surface area contributed by atoms with Gasteiger partial charge >= 0.3 is 6.09 Å². The van der Waals surface area contributed by atoms with Crippen molar-refractivity contribution in [1.82, 2.24) is 4.90 Å². The molecule has 3 rings (SSSR count). The highest BCUT2D eigenvalue weighted by Crippen LogP contribution is 2.34. The maximum absolute atomic E-state index is 11.0. The van der Waals surface area contributed by atoms with Crippen LogP contribution in [-0.2, 0) is 0 Å². The zero-order valence-corrected chi connectivity index (χ0v) is 13.4. The summed E-state index contributed by atoms with van der Waals surface area (Å²) >= 11 is 0. The fraction of sp³-hybridized carbons (Fsp3) is 0.588. The summed E-state index contributed by atoms with van der Waals surface area (Å²) in [6, 6.07) is 7.07. The lowest BCUT2D eigenvalue weighted by molar-refractivity contribution is 0.204. The number of hydrogen-bond acceptors (Lipinski definition) is 3. The zero-order chi connectivity index (χ0) is 15.7. The van der Waals surface area contributed by atoms with Crippen molar-refractivity contribution < 1.29 is 9.90 Å². The number of anilines is 2. The van der Waals surface area contributed by atoms with Crippen molar-refractivity contribution in [3.63, 3.8) is 0 Å². The van der Waals surface area contributed by atoms with Gasteiger partial charge < -0.3 is 10.0 Å². The van der Waals surface area contributed by atoms with E-state index in [4.69, 9.17) is 5.11 Å². The lowest BCUT2D eigenvalue weighted by Crippen LogP contribution is -2.39. The molecule has 0 aromatic heterocycles. The first kappa shape index (κ1) is 15.2. The molecule has 2 fully saturated rings. The molecule has 5 heteroatoms. The van der Waals surface area contributed by atoms with Crippen LogP contribution in [-0.4, -0.2) is 47.8 Å². The number of hydrogen-bond donors (Lipinski definition) is 2. The average molecular weight is 303 g/mol. The minimum Gasteiger partial charge on any atom is -0.465 e. The van der Waals surface area contributed by atoms with Crippen molar-refractivity contribution in [2.45, 2.75) is 45.2 Å². The summed E-state index contributed by atoms with van der Waals surface area (Å²) in [4.78, 5) is 16.0. The fourth-order valence-corrected chi connectivity index (χ4v) is 4.01. The Morgan fingerprint density at radius 3 is 2.82 bits per heavy atom. The van der Waals surface area contributed by atoms with Gasteiger partial charge in [-0.15, -0.1) is 0 Å². The summed E-state index contributed by atoms with van der Waals surface area (Å²) in [7, 11) is 0. The van der Waals surface area contributed by atoms with Crippen molar-refractivity contribution in [2.24, 2.45) is 0 Å². The Morgan fingerprint density at radius 2 is 2.14 bits per heavy atom. The number of likely N-dealkylation sites (tertiary alicyclic amines) is 1. The van der Waals surface area contributed by atoms with Gasteiger partial charge in [-0.25, -0.2) is 4.79 Å². The van der Waals surface area contributed by atoms with Gasteiger partial charge in [-0.3, -0.25) is 10.2 Å². The van der Waals surface area contributed by atoms with Gasteiger partial charge in [0.2, 0.25) is 0 Å². The van der Waals surface area contributed by atoms with Crippen molar-refractivity contribution in [2.75, 3.05) is 29.9 Å². The number of carboxylic acid groups (broad SMARTS) is 1. The standard InChI is InChI=1S/C17H25N3O2/c1-12-5-3-7-15(18-17(21)22)16(12)19-10-8-14(11-19)20-9-4-6-13(20)2/h3,5,7,13-14,18H,4,6,8-11H2,1-2H3,(H,21,22). The quantitative estimate of drug-likeness (QED) is 0.900. The van der Waals surface area contributed by atoms with Crippen molar-refractivity contribution in [3.05, 3.63) is 23.8 Å².